The van der Waals surface area contributed by atoms with Crippen LogP contribution >= 0.6 is 11.6 Å². The van der Waals surface area contributed by atoms with Crippen LogP contribution in [0.25, 0.3) is 0 Å². The summed E-state index contributed by atoms with van der Waals surface area (Å²) in [4.78, 5) is 16.8. The number of carbonyl (C=O) groups excluding carboxylic acids is 1. The average Bonchev–Trinajstić information content (AvgIpc) is 3.10. The molecule has 2 aromatic carbocycles. The molecule has 0 spiro atoms. The van der Waals surface area contributed by atoms with Gasteiger partial charge in [0, 0.05) is 48.5 Å². The highest BCUT2D eigenvalue weighted by molar-refractivity contribution is 6.30. The van der Waals surface area contributed by atoms with Crippen LogP contribution in [0.2, 0.25) is 5.02 Å². The number of β-amino-alcohol motifs (C(OH)–C–C–N with tert-alkyl or cyclic N) is 1. The van der Waals surface area contributed by atoms with Crippen molar-refractivity contribution in [1.29, 1.82) is 0 Å². The number of hydrogen-bond acceptors (Lipinski definition) is 4. The zero-order chi connectivity index (χ0) is 19.5. The number of hydrogen-bond donors (Lipinski definition) is 2. The second kappa shape index (κ2) is 8.52. The third kappa shape index (κ3) is 4.32. The molecule has 2 heterocycles. The molecule has 2 fully saturated rings. The van der Waals surface area contributed by atoms with Gasteiger partial charge in [0.25, 0.3) is 5.91 Å². The number of piperidine rings is 1. The number of likely N-dealkylation sites (tertiary alicyclic amines) is 1. The van der Waals surface area contributed by atoms with Crippen LogP contribution in [-0.2, 0) is 0 Å². The van der Waals surface area contributed by atoms with E-state index in [-0.39, 0.29) is 18.1 Å². The smallest absolute Gasteiger partial charge is 0.253 e. The van der Waals surface area contributed by atoms with E-state index < -0.39 is 0 Å². The van der Waals surface area contributed by atoms with Crippen molar-refractivity contribution in [1.82, 2.24) is 10.2 Å². The summed E-state index contributed by atoms with van der Waals surface area (Å²) in [7, 11) is 0. The number of amides is 1. The monoisotopic (exact) mass is 399 g/mol. The Kier molecular flexibility index (Phi) is 5.85. The lowest BCUT2D eigenvalue weighted by atomic mass is 10.0. The van der Waals surface area contributed by atoms with Crippen molar-refractivity contribution in [3.05, 3.63) is 65.2 Å². The van der Waals surface area contributed by atoms with E-state index in [0.29, 0.717) is 23.2 Å². The summed E-state index contributed by atoms with van der Waals surface area (Å²) in [5.41, 5.74) is 1.83. The minimum absolute atomic E-state index is 0.0590. The molecule has 4 rings (SSSR count). The van der Waals surface area contributed by atoms with E-state index in [1.165, 1.54) is 0 Å². The minimum atomic E-state index is -0.381. The Labute approximate surface area is 170 Å². The van der Waals surface area contributed by atoms with Gasteiger partial charge in [-0.05, 0) is 49.2 Å². The fraction of sp³-hybridized carbons (Fsp3) is 0.409. The molecule has 2 aromatic rings. The molecular formula is C22H26ClN3O2. The van der Waals surface area contributed by atoms with Gasteiger partial charge >= 0.3 is 0 Å². The first kappa shape index (κ1) is 19.2. The third-order valence-electron chi connectivity index (χ3n) is 5.73. The molecule has 2 atom stereocenters. The van der Waals surface area contributed by atoms with E-state index in [1.807, 2.05) is 23.1 Å². The lowest BCUT2D eigenvalue weighted by Gasteiger charge is -2.34. The fourth-order valence-corrected chi connectivity index (χ4v) is 4.25. The van der Waals surface area contributed by atoms with Crippen molar-refractivity contribution in [3.8, 4) is 0 Å². The highest BCUT2D eigenvalue weighted by Gasteiger charge is 2.34. The molecule has 6 heteroatoms. The highest BCUT2D eigenvalue weighted by Crippen LogP contribution is 2.22. The Morgan fingerprint density at radius 1 is 1.00 bits per heavy atom. The van der Waals surface area contributed by atoms with E-state index >= 15 is 0 Å². The van der Waals surface area contributed by atoms with Crippen LogP contribution in [0.4, 0.5) is 5.69 Å². The zero-order valence-corrected chi connectivity index (χ0v) is 16.6. The molecule has 2 unspecified atom stereocenters. The van der Waals surface area contributed by atoms with Gasteiger partial charge in [-0.25, -0.2) is 0 Å². The lowest BCUT2D eigenvalue weighted by Crippen LogP contribution is -2.50. The molecule has 5 nitrogen and oxygen atoms in total. The van der Waals surface area contributed by atoms with Gasteiger partial charge in [0.1, 0.15) is 0 Å². The Morgan fingerprint density at radius 2 is 1.68 bits per heavy atom. The number of carbonyl (C=O) groups is 1. The van der Waals surface area contributed by atoms with E-state index in [9.17, 15) is 9.90 Å². The topological polar surface area (TPSA) is 55.8 Å². The second-order valence-corrected chi connectivity index (χ2v) is 8.09. The number of aliphatic hydroxyl groups is 1. The van der Waals surface area contributed by atoms with Crippen molar-refractivity contribution in [2.75, 3.05) is 31.1 Å². The molecule has 0 bridgehead atoms. The Morgan fingerprint density at radius 3 is 2.36 bits per heavy atom. The second-order valence-electron chi connectivity index (χ2n) is 7.65. The average molecular weight is 400 g/mol. The number of halogens is 1. The molecule has 0 aromatic heterocycles. The van der Waals surface area contributed by atoms with Crippen LogP contribution in [0.1, 0.15) is 23.2 Å². The van der Waals surface area contributed by atoms with Crippen LogP contribution in [0.3, 0.4) is 0 Å². The number of aliphatic hydroxyl groups excluding tert-OH is 1. The molecule has 2 aliphatic heterocycles. The fourth-order valence-electron chi connectivity index (χ4n) is 4.13. The number of para-hydroxylation sites is 1. The van der Waals surface area contributed by atoms with Gasteiger partial charge in [-0.15, -0.1) is 0 Å². The standard InChI is InChI=1S/C22H26ClN3O2/c23-17-8-6-16(7-9-17)22(28)25-12-10-18(11-13-25)24-20-14-26(15-21(20)27)19-4-2-1-3-5-19/h1-9,18,20-21,24,27H,10-15H2. The summed E-state index contributed by atoms with van der Waals surface area (Å²) in [5, 5.41) is 14.7. The molecule has 0 saturated carbocycles. The van der Waals surface area contributed by atoms with Crippen LogP contribution < -0.4 is 10.2 Å². The van der Waals surface area contributed by atoms with Crippen molar-refractivity contribution in [2.45, 2.75) is 31.0 Å². The van der Waals surface area contributed by atoms with Gasteiger partial charge in [0.05, 0.1) is 12.1 Å². The van der Waals surface area contributed by atoms with Gasteiger partial charge in [-0.3, -0.25) is 4.79 Å². The molecule has 2 N–H and O–H groups in total. The molecule has 2 aliphatic rings. The van der Waals surface area contributed by atoms with E-state index in [2.05, 4.69) is 22.3 Å². The molecule has 2 saturated heterocycles. The first-order valence-electron chi connectivity index (χ1n) is 9.89. The van der Waals surface area contributed by atoms with Crippen LogP contribution in [0.15, 0.2) is 54.6 Å². The van der Waals surface area contributed by atoms with Crippen molar-refractivity contribution in [3.63, 3.8) is 0 Å². The summed E-state index contributed by atoms with van der Waals surface area (Å²) in [6.07, 6.45) is 1.41. The number of anilines is 1. The Balaban J connectivity index is 1.28. The predicted molar refractivity (Wildman–Crippen MR) is 112 cm³/mol. The van der Waals surface area contributed by atoms with E-state index in [4.69, 9.17) is 11.6 Å². The maximum atomic E-state index is 12.6. The predicted octanol–water partition coefficient (Wildman–Crippen LogP) is 2.78. The van der Waals surface area contributed by atoms with Crippen molar-refractivity contribution < 1.29 is 9.90 Å². The molecule has 148 valence electrons. The molecule has 0 radical (unpaired) electrons. The van der Waals surface area contributed by atoms with Crippen LogP contribution in [0.5, 0.6) is 0 Å². The quantitative estimate of drug-likeness (QED) is 0.830. The summed E-state index contributed by atoms with van der Waals surface area (Å²) in [6.45, 7) is 2.90. The normalized spacial score (nSPS) is 23.2. The Hall–Kier alpha value is -2.08. The first-order chi connectivity index (χ1) is 13.6. The lowest BCUT2D eigenvalue weighted by molar-refractivity contribution is 0.0691. The summed E-state index contributed by atoms with van der Waals surface area (Å²) >= 11 is 5.91. The number of benzene rings is 2. The van der Waals surface area contributed by atoms with Gasteiger partial charge in [-0.2, -0.15) is 0 Å². The number of nitrogens with one attached hydrogen (secondary N) is 1. The molecule has 1 amide bonds. The largest absolute Gasteiger partial charge is 0.390 e. The Bertz CT molecular complexity index is 791. The van der Waals surface area contributed by atoms with Gasteiger partial charge in [0.2, 0.25) is 0 Å². The van der Waals surface area contributed by atoms with Crippen molar-refractivity contribution >= 4 is 23.2 Å². The number of rotatable bonds is 4. The molecule has 0 aliphatic carbocycles. The van der Waals surface area contributed by atoms with Gasteiger partial charge < -0.3 is 20.2 Å². The molecular weight excluding hydrogens is 374 g/mol. The highest BCUT2D eigenvalue weighted by atomic mass is 35.5. The molecule has 28 heavy (non-hydrogen) atoms. The maximum Gasteiger partial charge on any atom is 0.253 e. The summed E-state index contributed by atoms with van der Waals surface area (Å²) in [5.74, 6) is 0.0614. The first-order valence-corrected chi connectivity index (χ1v) is 10.3. The third-order valence-corrected chi connectivity index (χ3v) is 5.99. The van der Waals surface area contributed by atoms with Crippen LogP contribution in [-0.4, -0.2) is 60.3 Å². The summed E-state index contributed by atoms with van der Waals surface area (Å²) in [6, 6.07) is 17.7. The van der Waals surface area contributed by atoms with Crippen molar-refractivity contribution in [2.24, 2.45) is 0 Å². The van der Waals surface area contributed by atoms with Gasteiger partial charge in [0.15, 0.2) is 0 Å². The summed E-state index contributed by atoms with van der Waals surface area (Å²) < 4.78 is 0. The van der Waals surface area contributed by atoms with E-state index in [1.54, 1.807) is 24.3 Å². The SMILES string of the molecule is O=C(c1ccc(Cl)cc1)N1CCC(NC2CN(c3ccccc3)CC2O)CC1. The minimum Gasteiger partial charge on any atom is -0.390 e. The van der Waals surface area contributed by atoms with Crippen LogP contribution in [0, 0.1) is 0 Å². The number of nitrogens with zero attached hydrogens (tertiary/aromatic N) is 2. The zero-order valence-electron chi connectivity index (χ0n) is 15.8. The maximum absolute atomic E-state index is 12.6. The van der Waals surface area contributed by atoms with E-state index in [0.717, 1.165) is 38.2 Å². The van der Waals surface area contributed by atoms with Gasteiger partial charge in [-0.1, -0.05) is 29.8 Å².